The molecule has 1 aromatic rings. The highest BCUT2D eigenvalue weighted by Gasteiger charge is 2.39. The van der Waals surface area contributed by atoms with Crippen LogP contribution in [0.25, 0.3) is 0 Å². The number of halogens is 1. The lowest BCUT2D eigenvalue weighted by molar-refractivity contribution is 0.486. The van der Waals surface area contributed by atoms with Crippen molar-refractivity contribution < 1.29 is 4.43 Å². The summed E-state index contributed by atoms with van der Waals surface area (Å²) in [6.45, 7) is 15.6. The maximum absolute atomic E-state index is 6.42. The summed E-state index contributed by atoms with van der Waals surface area (Å²) in [4.78, 5) is 0. The molecule has 0 aliphatic carbocycles. The van der Waals surface area contributed by atoms with Gasteiger partial charge in [0.05, 0.1) is 0 Å². The third-order valence-corrected chi connectivity index (χ3v) is 8.89. The molecule has 0 saturated carbocycles. The molecule has 17 heavy (non-hydrogen) atoms. The standard InChI is InChI=1S/C14H23BrOSi/c1-10-8-9-12(15)11(2)13(10)16-17(6,7)14(3,4)5/h8-9H,1-7H3. The van der Waals surface area contributed by atoms with Gasteiger partial charge in [-0.05, 0) is 43.6 Å². The summed E-state index contributed by atoms with van der Waals surface area (Å²) in [7, 11) is -1.75. The fourth-order valence-corrected chi connectivity index (χ4v) is 2.81. The van der Waals surface area contributed by atoms with Gasteiger partial charge in [0.15, 0.2) is 0 Å². The van der Waals surface area contributed by atoms with Gasteiger partial charge in [-0.2, -0.15) is 0 Å². The summed E-state index contributed by atoms with van der Waals surface area (Å²) in [6.07, 6.45) is 0. The average Bonchev–Trinajstić information content (AvgIpc) is 2.17. The van der Waals surface area contributed by atoms with Gasteiger partial charge in [-0.1, -0.05) is 42.8 Å². The number of aryl methyl sites for hydroxylation is 1. The van der Waals surface area contributed by atoms with Gasteiger partial charge in [0, 0.05) is 10.0 Å². The second-order valence-corrected chi connectivity index (χ2v) is 11.8. The van der Waals surface area contributed by atoms with Gasteiger partial charge in [0.1, 0.15) is 5.75 Å². The van der Waals surface area contributed by atoms with E-state index < -0.39 is 8.32 Å². The van der Waals surface area contributed by atoms with Crippen molar-refractivity contribution in [2.24, 2.45) is 0 Å². The van der Waals surface area contributed by atoms with E-state index >= 15 is 0 Å². The molecule has 0 amide bonds. The van der Waals surface area contributed by atoms with Crippen LogP contribution in [0, 0.1) is 13.8 Å². The lowest BCUT2D eigenvalue weighted by atomic mass is 10.1. The second-order valence-electron chi connectivity index (χ2n) is 6.18. The fraction of sp³-hybridized carbons (Fsp3) is 0.571. The van der Waals surface area contributed by atoms with Crippen LogP contribution in [-0.2, 0) is 0 Å². The van der Waals surface area contributed by atoms with E-state index in [2.05, 4.69) is 75.8 Å². The minimum atomic E-state index is -1.75. The van der Waals surface area contributed by atoms with Gasteiger partial charge in [-0.15, -0.1) is 0 Å². The van der Waals surface area contributed by atoms with Crippen molar-refractivity contribution in [3.8, 4) is 5.75 Å². The molecular formula is C14H23BrOSi. The molecule has 0 atom stereocenters. The number of hydrogen-bond acceptors (Lipinski definition) is 1. The maximum atomic E-state index is 6.42. The van der Waals surface area contributed by atoms with Crippen LogP contribution < -0.4 is 4.43 Å². The molecule has 0 saturated heterocycles. The van der Waals surface area contributed by atoms with Gasteiger partial charge < -0.3 is 4.43 Å². The van der Waals surface area contributed by atoms with Gasteiger partial charge in [0.2, 0.25) is 0 Å². The Morgan fingerprint density at radius 3 is 2.12 bits per heavy atom. The van der Waals surface area contributed by atoms with Crippen molar-refractivity contribution in [1.82, 2.24) is 0 Å². The van der Waals surface area contributed by atoms with Crippen LogP contribution in [0.1, 0.15) is 31.9 Å². The van der Waals surface area contributed by atoms with Gasteiger partial charge >= 0.3 is 0 Å². The molecule has 0 fully saturated rings. The summed E-state index contributed by atoms with van der Waals surface area (Å²) in [5, 5.41) is 0.230. The molecular weight excluding hydrogens is 292 g/mol. The highest BCUT2D eigenvalue weighted by molar-refractivity contribution is 9.10. The number of benzene rings is 1. The highest BCUT2D eigenvalue weighted by atomic mass is 79.9. The Morgan fingerprint density at radius 2 is 1.65 bits per heavy atom. The van der Waals surface area contributed by atoms with Crippen LogP contribution in [-0.4, -0.2) is 8.32 Å². The minimum Gasteiger partial charge on any atom is -0.543 e. The fourth-order valence-electron chi connectivity index (χ4n) is 1.37. The maximum Gasteiger partial charge on any atom is 0.250 e. The third kappa shape index (κ3) is 3.13. The van der Waals surface area contributed by atoms with Crippen LogP contribution in [0.4, 0.5) is 0 Å². The first-order chi connectivity index (χ1) is 7.56. The van der Waals surface area contributed by atoms with Gasteiger partial charge in [-0.25, -0.2) is 0 Å². The summed E-state index contributed by atoms with van der Waals surface area (Å²) < 4.78 is 7.54. The number of rotatable bonds is 2. The van der Waals surface area contributed by atoms with Crippen molar-refractivity contribution in [3.05, 3.63) is 27.7 Å². The topological polar surface area (TPSA) is 9.23 Å². The zero-order valence-corrected chi connectivity index (χ0v) is 14.5. The molecule has 0 heterocycles. The van der Waals surface area contributed by atoms with Crippen molar-refractivity contribution in [3.63, 3.8) is 0 Å². The van der Waals surface area contributed by atoms with Crippen molar-refractivity contribution in [1.29, 1.82) is 0 Å². The first kappa shape index (κ1) is 14.8. The lowest BCUT2D eigenvalue weighted by Crippen LogP contribution is -2.44. The molecule has 0 spiro atoms. The molecule has 1 nitrogen and oxygen atoms in total. The lowest BCUT2D eigenvalue weighted by Gasteiger charge is -2.37. The highest BCUT2D eigenvalue weighted by Crippen LogP contribution is 2.40. The molecule has 0 N–H and O–H groups in total. The van der Waals surface area contributed by atoms with Crippen molar-refractivity contribution >= 4 is 24.2 Å². The smallest absolute Gasteiger partial charge is 0.250 e. The molecule has 0 bridgehead atoms. The van der Waals surface area contributed by atoms with E-state index in [4.69, 9.17) is 4.43 Å². The second kappa shape index (κ2) is 4.77. The average molecular weight is 315 g/mol. The van der Waals surface area contributed by atoms with Crippen LogP contribution in [0.5, 0.6) is 5.75 Å². The molecule has 0 aliphatic heterocycles. The van der Waals surface area contributed by atoms with Crippen molar-refractivity contribution in [2.75, 3.05) is 0 Å². The molecule has 96 valence electrons. The summed E-state index contributed by atoms with van der Waals surface area (Å²) in [5.74, 6) is 1.06. The minimum absolute atomic E-state index is 0.230. The molecule has 1 aromatic carbocycles. The Labute approximate surface area is 115 Å². The first-order valence-electron chi connectivity index (χ1n) is 6.01. The molecule has 0 radical (unpaired) electrons. The molecule has 0 unspecified atom stereocenters. The SMILES string of the molecule is Cc1ccc(Br)c(C)c1O[Si](C)(C)C(C)(C)C. The third-order valence-electron chi connectivity index (χ3n) is 3.70. The van der Waals surface area contributed by atoms with Crippen LogP contribution in [0.15, 0.2) is 16.6 Å². The van der Waals surface area contributed by atoms with Crippen LogP contribution >= 0.6 is 15.9 Å². The van der Waals surface area contributed by atoms with Gasteiger partial charge in [-0.3, -0.25) is 0 Å². The van der Waals surface area contributed by atoms with E-state index in [1.54, 1.807) is 0 Å². The van der Waals surface area contributed by atoms with E-state index in [1.807, 2.05) is 0 Å². The monoisotopic (exact) mass is 314 g/mol. The van der Waals surface area contributed by atoms with Crippen molar-refractivity contribution in [2.45, 2.75) is 52.8 Å². The largest absolute Gasteiger partial charge is 0.543 e. The molecule has 0 aromatic heterocycles. The zero-order valence-electron chi connectivity index (χ0n) is 11.9. The van der Waals surface area contributed by atoms with Gasteiger partial charge in [0.25, 0.3) is 8.32 Å². The summed E-state index contributed by atoms with van der Waals surface area (Å²) in [5.41, 5.74) is 2.42. The normalized spacial score (nSPS) is 12.7. The molecule has 0 aliphatic rings. The van der Waals surface area contributed by atoms with Crippen LogP contribution in [0.2, 0.25) is 18.1 Å². The Morgan fingerprint density at radius 1 is 1.12 bits per heavy atom. The van der Waals surface area contributed by atoms with E-state index in [0.29, 0.717) is 0 Å². The Bertz CT molecular complexity index is 419. The molecule has 1 rings (SSSR count). The first-order valence-corrected chi connectivity index (χ1v) is 9.71. The molecule has 3 heteroatoms. The van der Waals surface area contributed by atoms with E-state index in [9.17, 15) is 0 Å². The Kier molecular flexibility index (Phi) is 4.15. The predicted octanol–water partition coefficient (Wildman–Crippen LogP) is 5.45. The van der Waals surface area contributed by atoms with E-state index in [-0.39, 0.29) is 5.04 Å². The zero-order chi connectivity index (χ0) is 13.4. The summed E-state index contributed by atoms with van der Waals surface area (Å²) in [6, 6.07) is 4.20. The summed E-state index contributed by atoms with van der Waals surface area (Å²) >= 11 is 3.57. The predicted molar refractivity (Wildman–Crippen MR) is 81.4 cm³/mol. The van der Waals surface area contributed by atoms with E-state index in [1.165, 1.54) is 11.1 Å². The van der Waals surface area contributed by atoms with Crippen LogP contribution in [0.3, 0.4) is 0 Å². The Balaban J connectivity index is 3.16. The quantitative estimate of drug-likeness (QED) is 0.659. The Hall–Kier alpha value is -0.283. The van der Waals surface area contributed by atoms with E-state index in [0.717, 1.165) is 10.2 Å². The number of hydrogen-bond donors (Lipinski definition) is 0.